The summed E-state index contributed by atoms with van der Waals surface area (Å²) in [5, 5.41) is 11.8. The van der Waals surface area contributed by atoms with E-state index in [1.54, 1.807) is 0 Å². The van der Waals surface area contributed by atoms with Gasteiger partial charge in [-0.1, -0.05) is 26.0 Å². The van der Waals surface area contributed by atoms with Crippen LogP contribution in [0.3, 0.4) is 0 Å². The maximum atomic E-state index is 12.3. The van der Waals surface area contributed by atoms with Crippen LogP contribution in [-0.4, -0.2) is 17.7 Å². The Labute approximate surface area is 153 Å². The number of ether oxygens (including phenoxy) is 1. The van der Waals surface area contributed by atoms with Gasteiger partial charge in [-0.15, -0.1) is 0 Å². The summed E-state index contributed by atoms with van der Waals surface area (Å²) in [7, 11) is 0. The lowest BCUT2D eigenvalue weighted by molar-refractivity contribution is -0.113. The van der Waals surface area contributed by atoms with Crippen molar-refractivity contribution in [3.8, 4) is 6.07 Å². The molecule has 3 aliphatic carbocycles. The topological polar surface area (TPSA) is 62.1 Å². The lowest BCUT2D eigenvalue weighted by Gasteiger charge is -2.62. The lowest BCUT2D eigenvalue weighted by atomic mass is 9.44. The fourth-order valence-corrected chi connectivity index (χ4v) is 4.50. The minimum Gasteiger partial charge on any atom is -0.444 e. The molecule has 1 N–H and O–H groups in total. The zero-order valence-electron chi connectivity index (χ0n) is 16.5. The fourth-order valence-electron chi connectivity index (χ4n) is 4.50. The highest BCUT2D eigenvalue weighted by atomic mass is 16.6. The maximum Gasteiger partial charge on any atom is 0.407 e. The van der Waals surface area contributed by atoms with Crippen LogP contribution in [0, 0.1) is 34.5 Å². The quantitative estimate of drug-likeness (QED) is 0.531. The van der Waals surface area contributed by atoms with Gasteiger partial charge in [0.25, 0.3) is 0 Å². The molecule has 0 aromatic rings. The molecular weight excluding hydrogens is 312 g/mol. The first-order valence-electron chi connectivity index (χ1n) is 9.66. The second-order valence-corrected chi connectivity index (χ2v) is 9.29. The number of fused-ring (bicyclic) bond motifs is 2. The smallest absolute Gasteiger partial charge is 0.407 e. The van der Waals surface area contributed by atoms with E-state index in [0.717, 1.165) is 25.2 Å². The number of nitriles is 1. The highest BCUT2D eigenvalue weighted by Gasteiger charge is 2.57. The maximum absolute atomic E-state index is 12.3. The number of hydrogen-bond donors (Lipinski definition) is 1. The highest BCUT2D eigenvalue weighted by molar-refractivity contribution is 5.68. The van der Waals surface area contributed by atoms with E-state index in [1.807, 2.05) is 20.8 Å². The summed E-state index contributed by atoms with van der Waals surface area (Å²) < 4.78 is 5.49. The number of unbranched alkanes of at least 4 members (excludes halogenated alkanes) is 2. The van der Waals surface area contributed by atoms with Gasteiger partial charge in [-0.2, -0.15) is 5.26 Å². The molecule has 4 nitrogen and oxygen atoms in total. The van der Waals surface area contributed by atoms with Crippen molar-refractivity contribution in [2.24, 2.45) is 23.2 Å². The molecule has 0 radical (unpaired) electrons. The van der Waals surface area contributed by atoms with Crippen LogP contribution < -0.4 is 5.32 Å². The van der Waals surface area contributed by atoms with Gasteiger partial charge >= 0.3 is 6.09 Å². The Morgan fingerprint density at radius 3 is 2.64 bits per heavy atom. The third kappa shape index (κ3) is 5.00. The summed E-state index contributed by atoms with van der Waals surface area (Å²) in [6.45, 7) is 10.4. The first-order valence-corrected chi connectivity index (χ1v) is 9.66. The molecule has 4 heteroatoms. The van der Waals surface area contributed by atoms with Gasteiger partial charge in [0.1, 0.15) is 5.60 Å². The molecule has 140 valence electrons. The molecule has 1 amide bonds. The van der Waals surface area contributed by atoms with E-state index in [4.69, 9.17) is 10.00 Å². The number of alkyl carbamates (subject to hydrolysis) is 1. The zero-order chi connectivity index (χ0) is 18.7. The molecule has 2 bridgehead atoms. The molecule has 0 saturated heterocycles. The molecule has 3 rings (SSSR count). The zero-order valence-corrected chi connectivity index (χ0v) is 16.5. The Bertz CT molecular complexity index is 539. The number of hydrogen-bond acceptors (Lipinski definition) is 3. The van der Waals surface area contributed by atoms with E-state index in [1.165, 1.54) is 12.8 Å². The van der Waals surface area contributed by atoms with Gasteiger partial charge in [-0.3, -0.25) is 0 Å². The van der Waals surface area contributed by atoms with Crippen molar-refractivity contribution in [1.82, 2.24) is 5.32 Å². The van der Waals surface area contributed by atoms with E-state index >= 15 is 0 Å². The van der Waals surface area contributed by atoms with Crippen LogP contribution in [0.1, 0.15) is 73.1 Å². The fraction of sp³-hybridized carbons (Fsp3) is 0.810. The van der Waals surface area contributed by atoms with Crippen molar-refractivity contribution in [2.45, 2.75) is 84.8 Å². The van der Waals surface area contributed by atoms with Crippen LogP contribution in [0.5, 0.6) is 0 Å². The van der Waals surface area contributed by atoms with E-state index in [0.29, 0.717) is 23.7 Å². The Balaban J connectivity index is 1.95. The van der Waals surface area contributed by atoms with Gasteiger partial charge in [-0.05, 0) is 76.0 Å². The SMILES string of the molecule is CC(C)(C)OC(=O)N[C@@H]1[C@@H](C/C=C\CCCC#N)C[C@H]2C[C@@H]1C2(C)C. The van der Waals surface area contributed by atoms with Crippen molar-refractivity contribution >= 4 is 6.09 Å². The first kappa shape index (κ1) is 19.8. The summed E-state index contributed by atoms with van der Waals surface area (Å²) in [5.41, 5.74) is -0.154. The standard InChI is InChI=1S/C21H34N2O2/c1-20(2,3)25-19(24)23-18-15(11-9-7-6-8-10-12-22)13-16-14-17(18)21(16,4)5/h7,9,15-18H,6,8,10-11,13-14H2,1-5H3,(H,23,24)/b9-7-/t15-,16-,17-,18+/m0/s1. The Morgan fingerprint density at radius 2 is 2.04 bits per heavy atom. The van der Waals surface area contributed by atoms with E-state index < -0.39 is 5.60 Å². The second-order valence-electron chi connectivity index (χ2n) is 9.29. The van der Waals surface area contributed by atoms with Crippen molar-refractivity contribution < 1.29 is 9.53 Å². The van der Waals surface area contributed by atoms with Crippen LogP contribution in [-0.2, 0) is 4.74 Å². The summed E-state index contributed by atoms with van der Waals surface area (Å²) in [5.74, 6) is 1.79. The summed E-state index contributed by atoms with van der Waals surface area (Å²) >= 11 is 0. The molecule has 25 heavy (non-hydrogen) atoms. The number of nitrogens with zero attached hydrogens (tertiary/aromatic N) is 1. The van der Waals surface area contributed by atoms with Crippen LogP contribution >= 0.6 is 0 Å². The van der Waals surface area contributed by atoms with Crippen LogP contribution in [0.2, 0.25) is 0 Å². The monoisotopic (exact) mass is 346 g/mol. The van der Waals surface area contributed by atoms with Crippen molar-refractivity contribution in [1.29, 1.82) is 5.26 Å². The highest BCUT2D eigenvalue weighted by Crippen LogP contribution is 2.61. The number of nitrogens with one attached hydrogen (secondary N) is 1. The van der Waals surface area contributed by atoms with E-state index in [9.17, 15) is 4.79 Å². The van der Waals surface area contributed by atoms with Crippen LogP contribution in [0.4, 0.5) is 4.79 Å². The molecule has 3 fully saturated rings. The normalized spacial score (nSPS) is 30.4. The molecular formula is C21H34N2O2. The van der Waals surface area contributed by atoms with Gasteiger partial charge in [0.2, 0.25) is 0 Å². The molecule has 3 aliphatic rings. The van der Waals surface area contributed by atoms with Crippen molar-refractivity contribution in [2.75, 3.05) is 0 Å². The molecule has 0 aromatic heterocycles. The minimum atomic E-state index is -0.466. The largest absolute Gasteiger partial charge is 0.444 e. The van der Waals surface area contributed by atoms with E-state index in [2.05, 4.69) is 37.4 Å². The number of allylic oxidation sites excluding steroid dienone is 2. The van der Waals surface area contributed by atoms with Crippen LogP contribution in [0.15, 0.2) is 12.2 Å². The minimum absolute atomic E-state index is 0.193. The van der Waals surface area contributed by atoms with Gasteiger partial charge in [0.05, 0.1) is 6.07 Å². The lowest BCUT2D eigenvalue weighted by Crippen LogP contribution is -2.63. The Hall–Kier alpha value is -1.50. The number of rotatable bonds is 6. The molecule has 0 aromatic carbocycles. The Morgan fingerprint density at radius 1 is 1.32 bits per heavy atom. The Kier molecular flexibility index (Phi) is 6.19. The number of carbonyl (C=O) groups excluding carboxylic acids is 1. The van der Waals surface area contributed by atoms with Gasteiger partial charge in [-0.25, -0.2) is 4.79 Å². The third-order valence-corrected chi connectivity index (χ3v) is 6.02. The number of carbonyl (C=O) groups is 1. The molecule has 0 spiro atoms. The van der Waals surface area contributed by atoms with Gasteiger partial charge in [0.15, 0.2) is 0 Å². The molecule has 0 aliphatic heterocycles. The average Bonchev–Trinajstić information content (AvgIpc) is 2.49. The van der Waals surface area contributed by atoms with Crippen LogP contribution in [0.25, 0.3) is 0 Å². The number of amides is 1. The van der Waals surface area contributed by atoms with Crippen molar-refractivity contribution in [3.63, 3.8) is 0 Å². The molecule has 3 saturated carbocycles. The molecule has 0 unspecified atom stereocenters. The molecule has 0 heterocycles. The predicted octanol–water partition coefficient (Wildman–Crippen LogP) is 5.20. The molecule has 4 atom stereocenters. The summed E-state index contributed by atoms with van der Waals surface area (Å²) in [6, 6.07) is 2.37. The van der Waals surface area contributed by atoms with Crippen molar-refractivity contribution in [3.05, 3.63) is 12.2 Å². The van der Waals surface area contributed by atoms with Gasteiger partial charge in [0, 0.05) is 12.5 Å². The average molecular weight is 347 g/mol. The summed E-state index contributed by atoms with van der Waals surface area (Å²) in [4.78, 5) is 12.3. The van der Waals surface area contributed by atoms with Gasteiger partial charge < -0.3 is 10.1 Å². The second kappa shape index (κ2) is 7.81. The predicted molar refractivity (Wildman–Crippen MR) is 99.9 cm³/mol. The first-order chi connectivity index (χ1) is 11.6. The third-order valence-electron chi connectivity index (χ3n) is 6.02. The summed E-state index contributed by atoms with van der Waals surface area (Å²) in [6.07, 6.45) is 10.0. The van der Waals surface area contributed by atoms with E-state index in [-0.39, 0.29) is 12.1 Å².